The summed E-state index contributed by atoms with van der Waals surface area (Å²) in [7, 11) is 0. The average Bonchev–Trinajstić information content (AvgIpc) is 2.70. The Hall–Kier alpha value is -1.08. The molecule has 0 spiro atoms. The summed E-state index contributed by atoms with van der Waals surface area (Å²) in [6.07, 6.45) is 4.53. The smallest absolute Gasteiger partial charge is 0.00324 e. The van der Waals surface area contributed by atoms with Crippen molar-refractivity contribution in [2.45, 2.75) is 25.7 Å². The van der Waals surface area contributed by atoms with Crippen molar-refractivity contribution in [1.82, 2.24) is 5.32 Å². The molecule has 0 saturated carbocycles. The fourth-order valence-electron chi connectivity index (χ4n) is 3.46. The van der Waals surface area contributed by atoms with Crippen molar-refractivity contribution in [3.63, 3.8) is 0 Å². The van der Waals surface area contributed by atoms with Gasteiger partial charge in [-0.05, 0) is 34.9 Å². The molecule has 3 rings (SSSR count). The number of benzene rings is 1. The fraction of sp³-hybridized carbons (Fsp3) is 0.467. The van der Waals surface area contributed by atoms with Gasteiger partial charge < -0.3 is 5.32 Å². The van der Waals surface area contributed by atoms with Crippen LogP contribution in [0, 0.1) is 5.41 Å². The van der Waals surface area contributed by atoms with Gasteiger partial charge >= 0.3 is 0 Å². The van der Waals surface area contributed by atoms with Gasteiger partial charge in [0.05, 0.1) is 0 Å². The molecular formula is C15H19N. The largest absolute Gasteiger partial charge is 0.316 e. The average molecular weight is 213 g/mol. The van der Waals surface area contributed by atoms with Gasteiger partial charge in [0.1, 0.15) is 0 Å². The van der Waals surface area contributed by atoms with Crippen molar-refractivity contribution in [2.75, 3.05) is 13.1 Å². The number of hydrogen-bond acceptors (Lipinski definition) is 1. The summed E-state index contributed by atoms with van der Waals surface area (Å²) < 4.78 is 0. The highest BCUT2D eigenvalue weighted by Crippen LogP contribution is 2.48. The van der Waals surface area contributed by atoms with Crippen LogP contribution in [-0.2, 0) is 6.42 Å². The molecule has 2 atom stereocenters. The van der Waals surface area contributed by atoms with Crippen LogP contribution in [0.1, 0.15) is 36.0 Å². The van der Waals surface area contributed by atoms with Crippen molar-refractivity contribution >= 4 is 6.08 Å². The van der Waals surface area contributed by atoms with Gasteiger partial charge in [0.25, 0.3) is 0 Å². The minimum Gasteiger partial charge on any atom is -0.316 e. The molecule has 0 radical (unpaired) electrons. The first kappa shape index (κ1) is 10.1. The molecule has 0 aromatic heterocycles. The molecule has 0 amide bonds. The molecule has 1 aliphatic heterocycles. The van der Waals surface area contributed by atoms with Gasteiger partial charge in [-0.15, -0.1) is 0 Å². The monoisotopic (exact) mass is 213 g/mol. The number of fused-ring (bicyclic) bond motifs is 3. The van der Waals surface area contributed by atoms with E-state index in [1.165, 1.54) is 24.9 Å². The van der Waals surface area contributed by atoms with E-state index in [2.05, 4.69) is 37.0 Å². The Morgan fingerprint density at radius 2 is 2.38 bits per heavy atom. The highest BCUT2D eigenvalue weighted by molar-refractivity contribution is 5.56. The first-order valence-electron chi connectivity index (χ1n) is 6.19. The van der Waals surface area contributed by atoms with Crippen LogP contribution in [0.15, 0.2) is 24.8 Å². The quantitative estimate of drug-likeness (QED) is 0.756. The van der Waals surface area contributed by atoms with Crippen LogP contribution in [-0.4, -0.2) is 13.1 Å². The Bertz CT molecular complexity index is 435. The highest BCUT2D eigenvalue weighted by Gasteiger charge is 2.43. The lowest BCUT2D eigenvalue weighted by Gasteiger charge is -2.37. The Balaban J connectivity index is 2.13. The predicted molar refractivity (Wildman–Crippen MR) is 68.6 cm³/mol. The number of hydrogen-bond donors (Lipinski definition) is 1. The topological polar surface area (TPSA) is 12.0 Å². The van der Waals surface area contributed by atoms with Gasteiger partial charge in [-0.3, -0.25) is 0 Å². The molecule has 1 aromatic rings. The normalized spacial score (nSPS) is 31.9. The molecule has 84 valence electrons. The number of nitrogens with one attached hydrogen (secondary N) is 1. The SMILES string of the molecule is C=Cc1cccc2c1CCC1(C)CNCC21. The predicted octanol–water partition coefficient (Wildman–Crippen LogP) is 2.97. The van der Waals surface area contributed by atoms with E-state index in [0.717, 1.165) is 6.54 Å². The maximum Gasteiger partial charge on any atom is 0.00324 e. The van der Waals surface area contributed by atoms with Crippen molar-refractivity contribution in [3.05, 3.63) is 41.5 Å². The summed E-state index contributed by atoms with van der Waals surface area (Å²) >= 11 is 0. The van der Waals surface area contributed by atoms with E-state index < -0.39 is 0 Å². The Morgan fingerprint density at radius 1 is 1.50 bits per heavy atom. The van der Waals surface area contributed by atoms with Crippen LogP contribution >= 0.6 is 0 Å². The standard InChI is InChI=1S/C15H19N/c1-3-11-5-4-6-13-12(11)7-8-15(2)10-16-9-14(13)15/h3-6,14,16H,1,7-10H2,2H3. The minimum atomic E-state index is 0.479. The van der Waals surface area contributed by atoms with Crippen LogP contribution in [0.4, 0.5) is 0 Å². The Labute approximate surface area is 97.6 Å². The van der Waals surface area contributed by atoms with E-state index in [4.69, 9.17) is 0 Å². The molecule has 1 fully saturated rings. The molecule has 1 saturated heterocycles. The van der Waals surface area contributed by atoms with Crippen LogP contribution < -0.4 is 5.32 Å². The summed E-state index contributed by atoms with van der Waals surface area (Å²) in [6, 6.07) is 6.69. The molecule has 16 heavy (non-hydrogen) atoms. The van der Waals surface area contributed by atoms with Crippen LogP contribution in [0.25, 0.3) is 6.08 Å². The molecule has 1 N–H and O–H groups in total. The van der Waals surface area contributed by atoms with E-state index in [-0.39, 0.29) is 0 Å². The second-order valence-electron chi connectivity index (χ2n) is 5.46. The summed E-state index contributed by atoms with van der Waals surface area (Å²) in [4.78, 5) is 0. The molecular weight excluding hydrogens is 194 g/mol. The second-order valence-corrected chi connectivity index (χ2v) is 5.46. The van der Waals surface area contributed by atoms with Crippen molar-refractivity contribution in [3.8, 4) is 0 Å². The fourth-order valence-corrected chi connectivity index (χ4v) is 3.46. The van der Waals surface area contributed by atoms with E-state index in [0.29, 0.717) is 11.3 Å². The van der Waals surface area contributed by atoms with Crippen LogP contribution in [0.5, 0.6) is 0 Å². The van der Waals surface area contributed by atoms with E-state index in [9.17, 15) is 0 Å². The zero-order chi connectivity index (χ0) is 11.2. The van der Waals surface area contributed by atoms with Gasteiger partial charge in [-0.1, -0.05) is 37.8 Å². The van der Waals surface area contributed by atoms with Gasteiger partial charge in [0.15, 0.2) is 0 Å². The van der Waals surface area contributed by atoms with E-state index >= 15 is 0 Å². The van der Waals surface area contributed by atoms with Gasteiger partial charge in [0, 0.05) is 19.0 Å². The Morgan fingerprint density at radius 3 is 3.19 bits per heavy atom. The maximum atomic E-state index is 3.93. The lowest BCUT2D eigenvalue weighted by atomic mass is 9.66. The molecule has 1 aliphatic carbocycles. The van der Waals surface area contributed by atoms with Gasteiger partial charge in [-0.2, -0.15) is 0 Å². The van der Waals surface area contributed by atoms with Gasteiger partial charge in [0.2, 0.25) is 0 Å². The minimum absolute atomic E-state index is 0.479. The lowest BCUT2D eigenvalue weighted by molar-refractivity contribution is 0.277. The third-order valence-corrected chi connectivity index (χ3v) is 4.51. The van der Waals surface area contributed by atoms with Crippen molar-refractivity contribution in [2.24, 2.45) is 5.41 Å². The first-order chi connectivity index (χ1) is 7.74. The summed E-state index contributed by atoms with van der Waals surface area (Å²) in [5, 5.41) is 3.56. The summed E-state index contributed by atoms with van der Waals surface area (Å²) in [5.41, 5.74) is 4.93. The zero-order valence-electron chi connectivity index (χ0n) is 9.92. The first-order valence-corrected chi connectivity index (χ1v) is 6.19. The molecule has 1 nitrogen and oxygen atoms in total. The number of rotatable bonds is 1. The van der Waals surface area contributed by atoms with Gasteiger partial charge in [-0.25, -0.2) is 0 Å². The molecule has 0 bridgehead atoms. The molecule has 2 aliphatic rings. The van der Waals surface area contributed by atoms with Crippen molar-refractivity contribution in [1.29, 1.82) is 0 Å². The van der Waals surface area contributed by atoms with E-state index in [1.807, 2.05) is 6.08 Å². The molecule has 1 heteroatoms. The Kier molecular flexibility index (Phi) is 2.18. The molecule has 2 unspecified atom stereocenters. The zero-order valence-corrected chi connectivity index (χ0v) is 9.92. The van der Waals surface area contributed by atoms with Crippen LogP contribution in [0.3, 0.4) is 0 Å². The lowest BCUT2D eigenvalue weighted by Crippen LogP contribution is -2.30. The summed E-state index contributed by atoms with van der Waals surface area (Å²) in [6.45, 7) is 8.68. The van der Waals surface area contributed by atoms with Crippen molar-refractivity contribution < 1.29 is 0 Å². The third kappa shape index (κ3) is 1.28. The second kappa shape index (κ2) is 3.46. The highest BCUT2D eigenvalue weighted by atomic mass is 14.9. The summed E-state index contributed by atoms with van der Waals surface area (Å²) in [5.74, 6) is 0.705. The molecule has 1 aromatic carbocycles. The maximum absolute atomic E-state index is 3.93. The van der Waals surface area contributed by atoms with Crippen LogP contribution in [0.2, 0.25) is 0 Å². The molecule has 1 heterocycles. The third-order valence-electron chi connectivity index (χ3n) is 4.51. The van der Waals surface area contributed by atoms with E-state index in [1.54, 1.807) is 11.1 Å².